The van der Waals surface area contributed by atoms with E-state index < -0.39 is 0 Å². The van der Waals surface area contributed by atoms with Crippen LogP contribution < -0.4 is 0 Å². The summed E-state index contributed by atoms with van der Waals surface area (Å²) in [6.07, 6.45) is 2.60. The lowest BCUT2D eigenvalue weighted by Crippen LogP contribution is -1.92. The number of halogens is 1. The monoisotopic (exact) mass is 250 g/mol. The molecule has 0 saturated heterocycles. The molecule has 0 saturated carbocycles. The van der Waals surface area contributed by atoms with Crippen LogP contribution in [0.2, 0.25) is 0 Å². The maximum atomic E-state index is 4.10. The lowest BCUT2D eigenvalue weighted by atomic mass is 10.0. The first kappa shape index (κ1) is 9.46. The minimum atomic E-state index is 0.896. The number of rotatable bonds is 2. The Morgan fingerprint density at radius 3 is 2.79 bits per heavy atom. The summed E-state index contributed by atoms with van der Waals surface area (Å²) >= 11 is 3.41. The molecule has 1 N–H and O–H groups in total. The van der Waals surface area contributed by atoms with Gasteiger partial charge in [-0.2, -0.15) is 0 Å². The van der Waals surface area contributed by atoms with Crippen LogP contribution in [0, 0.1) is 6.92 Å². The molecule has 1 heterocycles. The second kappa shape index (κ2) is 3.96. The molecule has 72 valence electrons. The van der Waals surface area contributed by atoms with Crippen LogP contribution in [0.25, 0.3) is 0 Å². The summed E-state index contributed by atoms with van der Waals surface area (Å²) in [4.78, 5) is 7.23. The van der Waals surface area contributed by atoms with E-state index in [0.717, 1.165) is 16.7 Å². The number of benzene rings is 1. The topological polar surface area (TPSA) is 28.7 Å². The van der Waals surface area contributed by atoms with E-state index in [2.05, 4.69) is 57.1 Å². The van der Waals surface area contributed by atoms with Gasteiger partial charge in [-0.15, -0.1) is 0 Å². The number of nitrogens with one attached hydrogen (secondary N) is 1. The zero-order valence-electron chi connectivity index (χ0n) is 7.92. The SMILES string of the molecule is Cc1ccccc1Cc1[nH]cnc1Br. The summed E-state index contributed by atoms with van der Waals surface area (Å²) < 4.78 is 0.903. The fraction of sp³-hybridized carbons (Fsp3) is 0.182. The molecule has 14 heavy (non-hydrogen) atoms. The zero-order valence-corrected chi connectivity index (χ0v) is 9.51. The third-order valence-electron chi connectivity index (χ3n) is 2.29. The van der Waals surface area contributed by atoms with Crippen LogP contribution >= 0.6 is 15.9 Å². The highest BCUT2D eigenvalue weighted by Gasteiger charge is 2.04. The van der Waals surface area contributed by atoms with E-state index in [1.807, 2.05) is 0 Å². The number of imidazole rings is 1. The fourth-order valence-electron chi connectivity index (χ4n) is 1.43. The van der Waals surface area contributed by atoms with Crippen molar-refractivity contribution in [2.45, 2.75) is 13.3 Å². The molecule has 1 aromatic carbocycles. The van der Waals surface area contributed by atoms with Crippen molar-refractivity contribution >= 4 is 15.9 Å². The highest BCUT2D eigenvalue weighted by molar-refractivity contribution is 9.10. The molecule has 0 radical (unpaired) electrons. The highest BCUT2D eigenvalue weighted by Crippen LogP contribution is 2.17. The number of aromatic amines is 1. The van der Waals surface area contributed by atoms with Gasteiger partial charge in [-0.3, -0.25) is 0 Å². The molecule has 0 atom stereocenters. The van der Waals surface area contributed by atoms with E-state index in [1.54, 1.807) is 6.33 Å². The molecule has 0 aliphatic carbocycles. The van der Waals surface area contributed by atoms with E-state index in [1.165, 1.54) is 11.1 Å². The van der Waals surface area contributed by atoms with Gasteiger partial charge in [-0.1, -0.05) is 24.3 Å². The molecule has 0 aliphatic rings. The van der Waals surface area contributed by atoms with Gasteiger partial charge >= 0.3 is 0 Å². The Morgan fingerprint density at radius 1 is 1.36 bits per heavy atom. The van der Waals surface area contributed by atoms with Crippen LogP contribution in [0.4, 0.5) is 0 Å². The molecule has 0 aliphatic heterocycles. The third kappa shape index (κ3) is 1.87. The molecule has 0 unspecified atom stereocenters. The first-order valence-electron chi connectivity index (χ1n) is 4.49. The molecule has 1 aromatic heterocycles. The molecule has 0 amide bonds. The maximum Gasteiger partial charge on any atom is 0.127 e. The second-order valence-electron chi connectivity index (χ2n) is 3.28. The molecule has 2 aromatic rings. The second-order valence-corrected chi connectivity index (χ2v) is 4.03. The quantitative estimate of drug-likeness (QED) is 0.872. The number of hydrogen-bond acceptors (Lipinski definition) is 1. The first-order valence-corrected chi connectivity index (χ1v) is 5.29. The Labute approximate surface area is 91.5 Å². The van der Waals surface area contributed by atoms with Crippen molar-refractivity contribution in [2.24, 2.45) is 0 Å². The minimum Gasteiger partial charge on any atom is -0.347 e. The summed E-state index contributed by atoms with van der Waals surface area (Å²) in [6, 6.07) is 8.38. The van der Waals surface area contributed by atoms with Crippen LogP contribution in [0.1, 0.15) is 16.8 Å². The Hall–Kier alpha value is -1.09. The van der Waals surface area contributed by atoms with Crippen molar-refractivity contribution in [1.29, 1.82) is 0 Å². The Morgan fingerprint density at radius 2 is 2.14 bits per heavy atom. The number of nitrogens with zero attached hydrogens (tertiary/aromatic N) is 1. The summed E-state index contributed by atoms with van der Waals surface area (Å²) in [5, 5.41) is 0. The maximum absolute atomic E-state index is 4.10. The summed E-state index contributed by atoms with van der Waals surface area (Å²) in [5.41, 5.74) is 3.77. The van der Waals surface area contributed by atoms with E-state index >= 15 is 0 Å². The van der Waals surface area contributed by atoms with Crippen LogP contribution in [0.15, 0.2) is 35.2 Å². The van der Waals surface area contributed by atoms with Crippen molar-refractivity contribution < 1.29 is 0 Å². The number of aryl methyl sites for hydroxylation is 1. The largest absolute Gasteiger partial charge is 0.347 e. The van der Waals surface area contributed by atoms with Crippen molar-refractivity contribution in [3.05, 3.63) is 52.0 Å². The van der Waals surface area contributed by atoms with Gasteiger partial charge in [0.2, 0.25) is 0 Å². The van der Waals surface area contributed by atoms with Crippen molar-refractivity contribution in [1.82, 2.24) is 9.97 Å². The first-order chi connectivity index (χ1) is 6.77. The van der Waals surface area contributed by atoms with E-state index in [4.69, 9.17) is 0 Å². The predicted molar refractivity (Wildman–Crippen MR) is 60.3 cm³/mol. The fourth-order valence-corrected chi connectivity index (χ4v) is 1.78. The number of hydrogen-bond donors (Lipinski definition) is 1. The molecule has 3 heteroatoms. The standard InChI is InChI=1S/C11H11BrN2/c1-8-4-2-3-5-9(8)6-10-11(12)14-7-13-10/h2-5,7H,6H2,1H3,(H,13,14). The number of H-pyrrole nitrogens is 1. The summed E-state index contributed by atoms with van der Waals surface area (Å²) in [6.45, 7) is 2.12. The Bertz CT molecular complexity index is 434. The van der Waals surface area contributed by atoms with Crippen LogP contribution in [-0.2, 0) is 6.42 Å². The van der Waals surface area contributed by atoms with Crippen molar-refractivity contribution in [2.75, 3.05) is 0 Å². The van der Waals surface area contributed by atoms with Gasteiger partial charge in [0, 0.05) is 6.42 Å². The molecule has 2 nitrogen and oxygen atoms in total. The Balaban J connectivity index is 2.28. The highest BCUT2D eigenvalue weighted by atomic mass is 79.9. The number of aromatic nitrogens is 2. The van der Waals surface area contributed by atoms with Crippen LogP contribution in [0.3, 0.4) is 0 Å². The predicted octanol–water partition coefficient (Wildman–Crippen LogP) is 3.07. The van der Waals surface area contributed by atoms with E-state index in [-0.39, 0.29) is 0 Å². The van der Waals surface area contributed by atoms with Gasteiger partial charge in [0.05, 0.1) is 12.0 Å². The molecule has 2 rings (SSSR count). The van der Waals surface area contributed by atoms with Crippen molar-refractivity contribution in [3.8, 4) is 0 Å². The molecule has 0 bridgehead atoms. The van der Waals surface area contributed by atoms with Gasteiger partial charge < -0.3 is 4.98 Å². The molecule has 0 fully saturated rings. The van der Waals surface area contributed by atoms with E-state index in [9.17, 15) is 0 Å². The lowest BCUT2D eigenvalue weighted by Gasteiger charge is -2.03. The molecular formula is C11H11BrN2. The zero-order chi connectivity index (χ0) is 9.97. The van der Waals surface area contributed by atoms with Gasteiger partial charge in [-0.25, -0.2) is 4.98 Å². The normalized spacial score (nSPS) is 10.4. The summed E-state index contributed by atoms with van der Waals surface area (Å²) in [7, 11) is 0. The van der Waals surface area contributed by atoms with E-state index in [0.29, 0.717) is 0 Å². The smallest absolute Gasteiger partial charge is 0.127 e. The van der Waals surface area contributed by atoms with Crippen LogP contribution in [0.5, 0.6) is 0 Å². The summed E-state index contributed by atoms with van der Waals surface area (Å²) in [5.74, 6) is 0. The average Bonchev–Trinajstić information content (AvgIpc) is 2.56. The van der Waals surface area contributed by atoms with Gasteiger partial charge in [0.1, 0.15) is 4.60 Å². The molecule has 0 spiro atoms. The third-order valence-corrected chi connectivity index (χ3v) is 2.98. The average molecular weight is 251 g/mol. The van der Waals surface area contributed by atoms with Gasteiger partial charge in [-0.05, 0) is 34.0 Å². The van der Waals surface area contributed by atoms with Crippen LogP contribution in [-0.4, -0.2) is 9.97 Å². The molecular weight excluding hydrogens is 240 g/mol. The van der Waals surface area contributed by atoms with Gasteiger partial charge in [0.25, 0.3) is 0 Å². The van der Waals surface area contributed by atoms with Crippen molar-refractivity contribution in [3.63, 3.8) is 0 Å². The Kier molecular flexibility index (Phi) is 2.68. The lowest BCUT2D eigenvalue weighted by molar-refractivity contribution is 1.08. The van der Waals surface area contributed by atoms with Gasteiger partial charge in [0.15, 0.2) is 0 Å². The minimum absolute atomic E-state index is 0.896.